The predicted octanol–water partition coefficient (Wildman–Crippen LogP) is 4.50. The van der Waals surface area contributed by atoms with Gasteiger partial charge in [0, 0.05) is 11.0 Å². The Kier molecular flexibility index (Phi) is 5.19. The molecule has 0 aliphatic heterocycles. The Morgan fingerprint density at radius 3 is 2.94 bits per heavy atom. The molecule has 0 aromatic heterocycles. The third kappa shape index (κ3) is 4.06. The lowest BCUT2D eigenvalue weighted by Gasteiger charge is -2.26. The summed E-state index contributed by atoms with van der Waals surface area (Å²) < 4.78 is 13.8. The van der Waals surface area contributed by atoms with E-state index in [0.717, 1.165) is 35.0 Å². The van der Waals surface area contributed by atoms with Crippen LogP contribution in [0.15, 0.2) is 22.7 Å². The fourth-order valence-electron chi connectivity index (χ4n) is 2.82. The Balaban J connectivity index is 1.77. The van der Waals surface area contributed by atoms with Crippen molar-refractivity contribution in [2.45, 2.75) is 39.2 Å². The van der Waals surface area contributed by atoms with Gasteiger partial charge in [-0.1, -0.05) is 41.8 Å². The van der Waals surface area contributed by atoms with E-state index in [1.807, 2.05) is 6.07 Å². The van der Waals surface area contributed by atoms with Gasteiger partial charge in [-0.3, -0.25) is 0 Å². The van der Waals surface area contributed by atoms with E-state index in [1.54, 1.807) is 0 Å². The van der Waals surface area contributed by atoms with Crippen molar-refractivity contribution in [1.29, 1.82) is 0 Å². The molecule has 0 heterocycles. The molecule has 1 aliphatic rings. The van der Waals surface area contributed by atoms with Crippen LogP contribution in [0.2, 0.25) is 0 Å². The molecular weight excluding hydrogens is 293 g/mol. The molecule has 0 bridgehead atoms. The number of hydrogen-bond acceptors (Lipinski definition) is 1. The van der Waals surface area contributed by atoms with Crippen LogP contribution in [0.4, 0.5) is 4.39 Å². The molecule has 0 spiro atoms. The molecule has 100 valence electrons. The third-order valence-electron chi connectivity index (χ3n) is 3.81. The zero-order valence-electron chi connectivity index (χ0n) is 10.9. The summed E-state index contributed by atoms with van der Waals surface area (Å²) in [6.07, 6.45) is 5.45. The zero-order valence-corrected chi connectivity index (χ0v) is 12.5. The van der Waals surface area contributed by atoms with Crippen molar-refractivity contribution in [3.05, 3.63) is 34.1 Å². The Morgan fingerprint density at radius 2 is 2.22 bits per heavy atom. The molecule has 3 heteroatoms. The van der Waals surface area contributed by atoms with E-state index in [-0.39, 0.29) is 5.82 Å². The van der Waals surface area contributed by atoms with Crippen molar-refractivity contribution in [1.82, 2.24) is 5.32 Å². The predicted molar refractivity (Wildman–Crippen MR) is 76.9 cm³/mol. The number of benzene rings is 1. The number of halogens is 2. The first-order chi connectivity index (χ1) is 8.65. The van der Waals surface area contributed by atoms with Gasteiger partial charge in [-0.15, -0.1) is 0 Å². The van der Waals surface area contributed by atoms with E-state index in [2.05, 4.69) is 28.2 Å². The van der Waals surface area contributed by atoms with Crippen molar-refractivity contribution < 1.29 is 4.39 Å². The summed E-state index contributed by atoms with van der Waals surface area (Å²) in [6.45, 7) is 4.24. The minimum absolute atomic E-state index is 0.188. The zero-order chi connectivity index (χ0) is 13.0. The van der Waals surface area contributed by atoms with E-state index >= 15 is 0 Å². The lowest BCUT2D eigenvalue weighted by atomic mass is 9.82. The molecule has 0 amide bonds. The second kappa shape index (κ2) is 6.67. The summed E-state index contributed by atoms with van der Waals surface area (Å²) in [7, 11) is 0. The topological polar surface area (TPSA) is 12.0 Å². The fraction of sp³-hybridized carbons (Fsp3) is 0.600. The number of rotatable bonds is 4. The summed E-state index contributed by atoms with van der Waals surface area (Å²) >= 11 is 3.40. The highest BCUT2D eigenvalue weighted by Gasteiger charge is 2.18. The van der Waals surface area contributed by atoms with Crippen LogP contribution in [0.3, 0.4) is 0 Å². The standard InChI is InChI=1S/C15H21BrFN/c1-11-3-2-4-12(7-11)9-18-10-13-5-6-14(17)8-15(13)16/h5-6,8,11-12,18H,2-4,7,9-10H2,1H3. The Hall–Kier alpha value is -0.410. The van der Waals surface area contributed by atoms with E-state index in [1.165, 1.54) is 37.8 Å². The van der Waals surface area contributed by atoms with Crippen molar-refractivity contribution >= 4 is 15.9 Å². The highest BCUT2D eigenvalue weighted by molar-refractivity contribution is 9.10. The van der Waals surface area contributed by atoms with Gasteiger partial charge in [0.25, 0.3) is 0 Å². The van der Waals surface area contributed by atoms with E-state index in [9.17, 15) is 4.39 Å². The molecule has 2 rings (SSSR count). The first kappa shape index (κ1) is 14.0. The second-order valence-corrected chi connectivity index (χ2v) is 6.36. The molecule has 2 atom stereocenters. The van der Waals surface area contributed by atoms with Gasteiger partial charge in [-0.25, -0.2) is 4.39 Å². The van der Waals surface area contributed by atoms with Gasteiger partial charge in [-0.05, 0) is 48.9 Å². The molecule has 1 aliphatic carbocycles. The maximum atomic E-state index is 13.0. The van der Waals surface area contributed by atoms with Crippen LogP contribution in [0, 0.1) is 17.7 Å². The van der Waals surface area contributed by atoms with Crippen LogP contribution in [0.5, 0.6) is 0 Å². The average molecular weight is 314 g/mol. The normalized spacial score (nSPS) is 24.2. The van der Waals surface area contributed by atoms with Gasteiger partial charge in [-0.2, -0.15) is 0 Å². The second-order valence-electron chi connectivity index (χ2n) is 5.50. The van der Waals surface area contributed by atoms with Gasteiger partial charge in [0.1, 0.15) is 5.82 Å². The van der Waals surface area contributed by atoms with Crippen LogP contribution in [-0.2, 0) is 6.54 Å². The van der Waals surface area contributed by atoms with Crippen LogP contribution in [0.25, 0.3) is 0 Å². The average Bonchev–Trinajstić information content (AvgIpc) is 2.32. The van der Waals surface area contributed by atoms with E-state index in [0.29, 0.717) is 0 Å². The maximum absolute atomic E-state index is 13.0. The van der Waals surface area contributed by atoms with Crippen LogP contribution >= 0.6 is 15.9 Å². The highest BCUT2D eigenvalue weighted by atomic mass is 79.9. The lowest BCUT2D eigenvalue weighted by molar-refractivity contribution is 0.274. The van der Waals surface area contributed by atoms with Crippen LogP contribution in [-0.4, -0.2) is 6.54 Å². The first-order valence-electron chi connectivity index (χ1n) is 6.80. The van der Waals surface area contributed by atoms with Gasteiger partial charge in [0.15, 0.2) is 0 Å². The summed E-state index contributed by atoms with van der Waals surface area (Å²) in [5.41, 5.74) is 1.13. The molecule has 1 saturated carbocycles. The first-order valence-corrected chi connectivity index (χ1v) is 7.59. The van der Waals surface area contributed by atoms with Crippen LogP contribution in [0.1, 0.15) is 38.2 Å². The monoisotopic (exact) mass is 313 g/mol. The minimum Gasteiger partial charge on any atom is -0.312 e. The van der Waals surface area contributed by atoms with Gasteiger partial charge in [0.2, 0.25) is 0 Å². The summed E-state index contributed by atoms with van der Waals surface area (Å²) in [4.78, 5) is 0. The molecule has 1 aromatic rings. The molecule has 1 nitrogen and oxygen atoms in total. The highest BCUT2D eigenvalue weighted by Crippen LogP contribution is 2.28. The Bertz CT molecular complexity index is 394. The van der Waals surface area contributed by atoms with Gasteiger partial charge >= 0.3 is 0 Å². The summed E-state index contributed by atoms with van der Waals surface area (Å²) in [5.74, 6) is 1.50. The van der Waals surface area contributed by atoms with E-state index in [4.69, 9.17) is 0 Å². The molecule has 18 heavy (non-hydrogen) atoms. The SMILES string of the molecule is CC1CCCC(CNCc2ccc(F)cc2Br)C1. The van der Waals surface area contributed by atoms with Gasteiger partial charge < -0.3 is 5.32 Å². The quantitative estimate of drug-likeness (QED) is 0.862. The summed E-state index contributed by atoms with van der Waals surface area (Å²) in [5, 5.41) is 3.50. The third-order valence-corrected chi connectivity index (χ3v) is 4.55. The minimum atomic E-state index is -0.188. The molecule has 0 saturated heterocycles. The molecular formula is C15H21BrFN. The Labute approximate surface area is 117 Å². The van der Waals surface area contributed by atoms with Crippen molar-refractivity contribution in [3.63, 3.8) is 0 Å². The molecule has 0 radical (unpaired) electrons. The maximum Gasteiger partial charge on any atom is 0.124 e. The van der Waals surface area contributed by atoms with Gasteiger partial charge in [0.05, 0.1) is 0 Å². The molecule has 1 N–H and O–H groups in total. The van der Waals surface area contributed by atoms with Crippen molar-refractivity contribution in [2.75, 3.05) is 6.54 Å². The number of hydrogen-bond donors (Lipinski definition) is 1. The smallest absolute Gasteiger partial charge is 0.124 e. The van der Waals surface area contributed by atoms with Crippen molar-refractivity contribution in [3.8, 4) is 0 Å². The Morgan fingerprint density at radius 1 is 1.39 bits per heavy atom. The molecule has 2 unspecified atom stereocenters. The number of nitrogens with one attached hydrogen (secondary N) is 1. The fourth-order valence-corrected chi connectivity index (χ4v) is 3.31. The van der Waals surface area contributed by atoms with Crippen molar-refractivity contribution in [2.24, 2.45) is 11.8 Å². The summed E-state index contributed by atoms with van der Waals surface area (Å²) in [6, 6.07) is 4.89. The largest absolute Gasteiger partial charge is 0.312 e. The van der Waals surface area contributed by atoms with E-state index < -0.39 is 0 Å². The lowest BCUT2D eigenvalue weighted by Crippen LogP contribution is -2.26. The molecule has 1 aromatic carbocycles. The molecule has 1 fully saturated rings. The van der Waals surface area contributed by atoms with Crippen LogP contribution < -0.4 is 5.32 Å².